The van der Waals surface area contributed by atoms with Gasteiger partial charge in [0.25, 0.3) is 0 Å². The molecule has 5 nitrogen and oxygen atoms in total. The molecule has 1 aliphatic heterocycles. The third-order valence-corrected chi connectivity index (χ3v) is 5.67. The molecule has 2 unspecified atom stereocenters. The van der Waals surface area contributed by atoms with Crippen molar-refractivity contribution in [1.29, 1.82) is 0 Å². The van der Waals surface area contributed by atoms with Gasteiger partial charge in [-0.15, -0.1) is 0 Å². The highest BCUT2D eigenvalue weighted by Gasteiger charge is 2.46. The Labute approximate surface area is 185 Å². The zero-order valence-corrected chi connectivity index (χ0v) is 19.8. The molecule has 5 heteroatoms. The van der Waals surface area contributed by atoms with Gasteiger partial charge >= 0.3 is 5.97 Å². The molecule has 0 amide bonds. The molecule has 0 spiro atoms. The second-order valence-electron chi connectivity index (χ2n) is 10.8. The number of hydrogen-bond acceptors (Lipinski definition) is 5. The Morgan fingerprint density at radius 3 is 1.81 bits per heavy atom. The molecule has 1 fully saturated rings. The Kier molecular flexibility index (Phi) is 5.98. The summed E-state index contributed by atoms with van der Waals surface area (Å²) in [5.41, 5.74) is 1.94. The van der Waals surface area contributed by atoms with Gasteiger partial charge in [-0.2, -0.15) is 0 Å². The number of benzene rings is 2. The third-order valence-electron chi connectivity index (χ3n) is 5.67. The average molecular weight is 427 g/mol. The lowest BCUT2D eigenvalue weighted by Gasteiger charge is -2.37. The van der Waals surface area contributed by atoms with Gasteiger partial charge in [0.1, 0.15) is 11.4 Å². The van der Waals surface area contributed by atoms with Crippen LogP contribution < -0.4 is 0 Å². The maximum Gasteiger partial charge on any atom is 0.342 e. The number of esters is 1. The van der Waals surface area contributed by atoms with Crippen LogP contribution in [0.15, 0.2) is 42.5 Å². The Bertz CT molecular complexity index is 913. The van der Waals surface area contributed by atoms with Crippen LogP contribution in [-0.2, 0) is 35.7 Å². The third kappa shape index (κ3) is 4.78. The molecule has 0 saturated carbocycles. The fourth-order valence-electron chi connectivity index (χ4n) is 3.73. The number of rotatable bonds is 4. The fraction of sp³-hybridized carbons (Fsp3) is 0.500. The van der Waals surface area contributed by atoms with Crippen LogP contribution in [0, 0.1) is 0 Å². The van der Waals surface area contributed by atoms with E-state index in [4.69, 9.17) is 14.5 Å². The molecule has 0 bridgehead atoms. The summed E-state index contributed by atoms with van der Waals surface area (Å²) in [6.45, 7) is 16.0. The number of aromatic hydroxyl groups is 1. The minimum absolute atomic E-state index is 0.282. The SMILES string of the molecule is CC(C)(C)c1cc(C2OOC2C(=O)OC(C)(C)c2ccccc2)cc(C(C)(C)C)c1O. The lowest BCUT2D eigenvalue weighted by Crippen LogP contribution is -2.45. The number of carbonyl (C=O) groups is 1. The average Bonchev–Trinajstić information content (AvgIpc) is 2.60. The smallest absolute Gasteiger partial charge is 0.342 e. The lowest BCUT2D eigenvalue weighted by atomic mass is 9.77. The quantitative estimate of drug-likeness (QED) is 0.492. The summed E-state index contributed by atoms with van der Waals surface area (Å²) in [5, 5.41) is 10.9. The van der Waals surface area contributed by atoms with Crippen molar-refractivity contribution in [3.05, 3.63) is 64.7 Å². The molecule has 2 atom stereocenters. The van der Waals surface area contributed by atoms with Crippen molar-refractivity contribution in [2.45, 2.75) is 84.0 Å². The number of phenols is 1. The Morgan fingerprint density at radius 2 is 1.39 bits per heavy atom. The minimum Gasteiger partial charge on any atom is -0.507 e. The van der Waals surface area contributed by atoms with E-state index < -0.39 is 23.8 Å². The first-order valence-electron chi connectivity index (χ1n) is 10.7. The van der Waals surface area contributed by atoms with Gasteiger partial charge in [0.2, 0.25) is 6.10 Å². The summed E-state index contributed by atoms with van der Waals surface area (Å²) in [6.07, 6.45) is -1.46. The number of ether oxygens (including phenoxy) is 1. The zero-order valence-electron chi connectivity index (χ0n) is 19.8. The molecule has 1 N–H and O–H groups in total. The van der Waals surface area contributed by atoms with Gasteiger partial charge in [0.15, 0.2) is 6.10 Å². The van der Waals surface area contributed by atoms with Gasteiger partial charge in [-0.05, 0) is 59.1 Å². The van der Waals surface area contributed by atoms with E-state index in [1.165, 1.54) is 0 Å². The van der Waals surface area contributed by atoms with Crippen molar-refractivity contribution in [3.8, 4) is 5.75 Å². The summed E-state index contributed by atoms with van der Waals surface area (Å²) in [5.74, 6) is -0.193. The predicted molar refractivity (Wildman–Crippen MR) is 120 cm³/mol. The monoisotopic (exact) mass is 426 g/mol. The molecule has 3 rings (SSSR count). The standard InChI is InChI=1S/C26H34O5/c1-24(2,3)18-14-16(15-19(20(18)27)25(4,5)6)21-22(31-30-21)23(28)29-26(7,8)17-12-10-9-11-13-17/h9-15,21-22,27H,1-8H3. The van der Waals surface area contributed by atoms with E-state index in [2.05, 4.69) is 0 Å². The first-order valence-corrected chi connectivity index (χ1v) is 10.7. The Balaban J connectivity index is 1.91. The predicted octanol–water partition coefficient (Wildman–Crippen LogP) is 5.84. The van der Waals surface area contributed by atoms with Crippen LogP contribution in [0.25, 0.3) is 0 Å². The Morgan fingerprint density at radius 1 is 0.871 bits per heavy atom. The van der Waals surface area contributed by atoms with Crippen LogP contribution in [0.5, 0.6) is 5.75 Å². The highest BCUT2D eigenvalue weighted by molar-refractivity contribution is 5.77. The van der Waals surface area contributed by atoms with Gasteiger partial charge in [-0.25, -0.2) is 14.6 Å². The second-order valence-corrected chi connectivity index (χ2v) is 10.8. The summed E-state index contributed by atoms with van der Waals surface area (Å²) < 4.78 is 5.81. The molecular weight excluding hydrogens is 392 g/mol. The molecule has 0 aromatic heterocycles. The maximum absolute atomic E-state index is 13.0. The topological polar surface area (TPSA) is 65.0 Å². The van der Waals surface area contributed by atoms with Gasteiger partial charge in [0, 0.05) is 0 Å². The molecular formula is C26H34O5. The summed E-state index contributed by atoms with van der Waals surface area (Å²) >= 11 is 0. The van der Waals surface area contributed by atoms with Crippen molar-refractivity contribution in [3.63, 3.8) is 0 Å². The van der Waals surface area contributed by atoms with Crippen molar-refractivity contribution >= 4 is 5.97 Å². The van der Waals surface area contributed by atoms with E-state index in [1.807, 2.05) is 97.9 Å². The zero-order chi connectivity index (χ0) is 23.2. The van der Waals surface area contributed by atoms with Crippen molar-refractivity contribution < 1.29 is 24.4 Å². The fourth-order valence-corrected chi connectivity index (χ4v) is 3.73. The van der Waals surface area contributed by atoms with E-state index in [0.717, 1.165) is 22.3 Å². The summed E-state index contributed by atoms with van der Waals surface area (Å²) in [6, 6.07) is 13.4. The number of phenolic OH excluding ortho intramolecular Hbond substituents is 1. The van der Waals surface area contributed by atoms with Crippen molar-refractivity contribution in [1.82, 2.24) is 0 Å². The van der Waals surface area contributed by atoms with E-state index in [0.29, 0.717) is 0 Å². The van der Waals surface area contributed by atoms with Crippen LogP contribution in [0.2, 0.25) is 0 Å². The first-order chi connectivity index (χ1) is 14.2. The summed E-state index contributed by atoms with van der Waals surface area (Å²) in [4.78, 5) is 23.5. The van der Waals surface area contributed by atoms with E-state index in [-0.39, 0.29) is 16.6 Å². The van der Waals surface area contributed by atoms with Crippen LogP contribution in [0.4, 0.5) is 0 Å². The number of hydrogen-bond donors (Lipinski definition) is 1. The highest BCUT2D eigenvalue weighted by Crippen LogP contribution is 2.44. The van der Waals surface area contributed by atoms with Crippen LogP contribution in [-0.4, -0.2) is 17.2 Å². The highest BCUT2D eigenvalue weighted by atomic mass is 17.2. The van der Waals surface area contributed by atoms with E-state index >= 15 is 0 Å². The van der Waals surface area contributed by atoms with Crippen molar-refractivity contribution in [2.75, 3.05) is 0 Å². The first kappa shape index (κ1) is 23.3. The minimum atomic E-state index is -0.867. The molecule has 2 aromatic rings. The molecule has 0 radical (unpaired) electrons. The van der Waals surface area contributed by atoms with Crippen LogP contribution in [0.3, 0.4) is 0 Å². The van der Waals surface area contributed by atoms with Crippen LogP contribution >= 0.6 is 0 Å². The molecule has 1 saturated heterocycles. The second kappa shape index (κ2) is 7.95. The van der Waals surface area contributed by atoms with Gasteiger partial charge in [0.05, 0.1) is 0 Å². The van der Waals surface area contributed by atoms with Crippen molar-refractivity contribution in [2.24, 2.45) is 0 Å². The van der Waals surface area contributed by atoms with Gasteiger partial charge in [-0.3, -0.25) is 0 Å². The molecule has 2 aromatic carbocycles. The van der Waals surface area contributed by atoms with E-state index in [1.54, 1.807) is 0 Å². The molecule has 0 aliphatic carbocycles. The summed E-state index contributed by atoms with van der Waals surface area (Å²) in [7, 11) is 0. The number of carbonyl (C=O) groups excluding carboxylic acids is 1. The normalized spacial score (nSPS) is 19.6. The van der Waals surface area contributed by atoms with Gasteiger partial charge < -0.3 is 9.84 Å². The lowest BCUT2D eigenvalue weighted by molar-refractivity contribution is -0.460. The van der Waals surface area contributed by atoms with Crippen LogP contribution in [0.1, 0.15) is 83.7 Å². The molecule has 1 aliphatic rings. The maximum atomic E-state index is 13.0. The van der Waals surface area contributed by atoms with E-state index in [9.17, 15) is 9.90 Å². The molecule has 168 valence electrons. The molecule has 1 heterocycles. The largest absolute Gasteiger partial charge is 0.507 e. The van der Waals surface area contributed by atoms with Gasteiger partial charge in [-0.1, -0.05) is 71.9 Å². The Hall–Kier alpha value is -2.37. The molecule has 31 heavy (non-hydrogen) atoms.